The van der Waals surface area contributed by atoms with Crippen LogP contribution >= 0.6 is 0 Å². The maximum Gasteiger partial charge on any atom is 0.304 e. The van der Waals surface area contributed by atoms with Crippen LogP contribution in [0.1, 0.15) is 25.8 Å². The van der Waals surface area contributed by atoms with Crippen molar-refractivity contribution in [3.05, 3.63) is 24.2 Å². The minimum absolute atomic E-state index is 0.177. The van der Waals surface area contributed by atoms with Gasteiger partial charge >= 0.3 is 5.97 Å². The molecule has 84 valence electrons. The Labute approximate surface area is 89.5 Å². The predicted octanol–water partition coefficient (Wildman–Crippen LogP) is 1.96. The normalized spacial score (nSPS) is 11.2. The lowest BCUT2D eigenvalue weighted by molar-refractivity contribution is -0.137. The molecule has 0 saturated heterocycles. The molecule has 1 aromatic heterocycles. The standard InChI is InChI=1S/C11H17NO3/c1-9(2)12(5-3-11(13)14)7-10-4-6-15-8-10/h4,6,8-9H,3,5,7H2,1-2H3,(H,13,14). The second-order valence-electron chi connectivity index (χ2n) is 3.84. The van der Waals surface area contributed by atoms with Crippen LogP contribution in [0, 0.1) is 0 Å². The van der Waals surface area contributed by atoms with Gasteiger partial charge in [0.1, 0.15) is 0 Å². The van der Waals surface area contributed by atoms with Crippen LogP contribution < -0.4 is 0 Å². The Morgan fingerprint density at radius 3 is 2.80 bits per heavy atom. The summed E-state index contributed by atoms with van der Waals surface area (Å²) in [5, 5.41) is 8.63. The number of carboxylic acids is 1. The molecular formula is C11H17NO3. The lowest BCUT2D eigenvalue weighted by Gasteiger charge is -2.24. The van der Waals surface area contributed by atoms with Crippen LogP contribution in [0.25, 0.3) is 0 Å². The first-order chi connectivity index (χ1) is 7.09. The van der Waals surface area contributed by atoms with E-state index in [0.29, 0.717) is 12.6 Å². The van der Waals surface area contributed by atoms with E-state index in [-0.39, 0.29) is 6.42 Å². The summed E-state index contributed by atoms with van der Waals surface area (Å²) in [4.78, 5) is 12.6. The average Bonchev–Trinajstić information content (AvgIpc) is 2.63. The molecule has 0 spiro atoms. The first-order valence-electron chi connectivity index (χ1n) is 5.06. The van der Waals surface area contributed by atoms with E-state index in [2.05, 4.69) is 18.7 Å². The van der Waals surface area contributed by atoms with E-state index < -0.39 is 5.97 Å². The van der Waals surface area contributed by atoms with Crippen molar-refractivity contribution in [1.29, 1.82) is 0 Å². The van der Waals surface area contributed by atoms with Crippen LogP contribution in [0.4, 0.5) is 0 Å². The van der Waals surface area contributed by atoms with E-state index in [1.54, 1.807) is 12.5 Å². The summed E-state index contributed by atoms with van der Waals surface area (Å²) in [6.07, 6.45) is 3.50. The van der Waals surface area contributed by atoms with Crippen molar-refractivity contribution >= 4 is 5.97 Å². The molecule has 1 N–H and O–H groups in total. The monoisotopic (exact) mass is 211 g/mol. The molecule has 15 heavy (non-hydrogen) atoms. The summed E-state index contributed by atoms with van der Waals surface area (Å²) < 4.78 is 4.98. The van der Waals surface area contributed by atoms with Gasteiger partial charge in [-0.25, -0.2) is 0 Å². The van der Waals surface area contributed by atoms with E-state index in [1.165, 1.54) is 0 Å². The molecule has 0 atom stereocenters. The molecule has 0 unspecified atom stereocenters. The Morgan fingerprint density at radius 2 is 2.33 bits per heavy atom. The maximum atomic E-state index is 10.5. The molecule has 1 rings (SSSR count). The number of aliphatic carboxylic acids is 1. The Kier molecular flexibility index (Phi) is 4.37. The first kappa shape index (κ1) is 11.8. The van der Waals surface area contributed by atoms with Crippen molar-refractivity contribution in [1.82, 2.24) is 4.90 Å². The zero-order chi connectivity index (χ0) is 11.3. The molecule has 0 saturated carbocycles. The quantitative estimate of drug-likeness (QED) is 0.781. The van der Waals surface area contributed by atoms with E-state index >= 15 is 0 Å². The zero-order valence-corrected chi connectivity index (χ0v) is 9.14. The van der Waals surface area contributed by atoms with Crippen LogP contribution in [0.15, 0.2) is 23.0 Å². The van der Waals surface area contributed by atoms with Crippen molar-refractivity contribution in [3.63, 3.8) is 0 Å². The second-order valence-corrected chi connectivity index (χ2v) is 3.84. The van der Waals surface area contributed by atoms with Gasteiger partial charge in [0.15, 0.2) is 0 Å². The van der Waals surface area contributed by atoms with Crippen LogP contribution in [-0.2, 0) is 11.3 Å². The van der Waals surface area contributed by atoms with Crippen molar-refractivity contribution in [2.24, 2.45) is 0 Å². The van der Waals surface area contributed by atoms with Crippen LogP contribution in [0.2, 0.25) is 0 Å². The lowest BCUT2D eigenvalue weighted by Crippen LogP contribution is -2.32. The maximum absolute atomic E-state index is 10.5. The summed E-state index contributed by atoms with van der Waals surface area (Å²) >= 11 is 0. The molecule has 0 aliphatic carbocycles. The third kappa shape index (κ3) is 4.16. The number of hydrogen-bond donors (Lipinski definition) is 1. The molecular weight excluding hydrogens is 194 g/mol. The smallest absolute Gasteiger partial charge is 0.304 e. The van der Waals surface area contributed by atoms with Gasteiger partial charge in [0, 0.05) is 24.7 Å². The summed E-state index contributed by atoms with van der Waals surface area (Å²) in [6.45, 7) is 5.42. The molecule has 0 aliphatic rings. The number of rotatable bonds is 6. The molecule has 1 aromatic rings. The number of carbonyl (C=O) groups is 1. The van der Waals surface area contributed by atoms with Gasteiger partial charge < -0.3 is 9.52 Å². The molecule has 1 heterocycles. The molecule has 0 fully saturated rings. The van der Waals surface area contributed by atoms with E-state index in [4.69, 9.17) is 9.52 Å². The average molecular weight is 211 g/mol. The van der Waals surface area contributed by atoms with E-state index in [0.717, 1.165) is 12.1 Å². The molecule has 0 radical (unpaired) electrons. The topological polar surface area (TPSA) is 53.7 Å². The van der Waals surface area contributed by atoms with Gasteiger partial charge in [-0.3, -0.25) is 9.69 Å². The Bertz CT molecular complexity index is 293. The fourth-order valence-corrected chi connectivity index (χ4v) is 1.38. The molecule has 0 bridgehead atoms. The first-order valence-corrected chi connectivity index (χ1v) is 5.06. The summed E-state index contributed by atoms with van der Waals surface area (Å²) in [6, 6.07) is 2.23. The predicted molar refractivity (Wildman–Crippen MR) is 56.5 cm³/mol. The Morgan fingerprint density at radius 1 is 1.60 bits per heavy atom. The van der Waals surface area contributed by atoms with Gasteiger partial charge in [-0.05, 0) is 19.9 Å². The third-order valence-corrected chi connectivity index (χ3v) is 2.31. The molecule has 4 nitrogen and oxygen atoms in total. The van der Waals surface area contributed by atoms with Crippen molar-refractivity contribution < 1.29 is 14.3 Å². The Balaban J connectivity index is 2.47. The van der Waals surface area contributed by atoms with Crippen molar-refractivity contribution in [2.75, 3.05) is 6.54 Å². The molecule has 0 aromatic carbocycles. The molecule has 0 amide bonds. The van der Waals surface area contributed by atoms with Gasteiger partial charge in [0.2, 0.25) is 0 Å². The summed E-state index contributed by atoms with van der Waals surface area (Å²) in [5.74, 6) is -0.757. The van der Waals surface area contributed by atoms with Gasteiger partial charge in [-0.2, -0.15) is 0 Å². The van der Waals surface area contributed by atoms with Crippen LogP contribution in [0.3, 0.4) is 0 Å². The fourth-order valence-electron chi connectivity index (χ4n) is 1.38. The number of carboxylic acid groups (broad SMARTS) is 1. The highest BCUT2D eigenvalue weighted by Crippen LogP contribution is 2.09. The van der Waals surface area contributed by atoms with Crippen molar-refractivity contribution in [3.8, 4) is 0 Å². The summed E-state index contributed by atoms with van der Waals surface area (Å²) in [7, 11) is 0. The van der Waals surface area contributed by atoms with E-state index in [9.17, 15) is 4.79 Å². The van der Waals surface area contributed by atoms with Gasteiger partial charge in [-0.15, -0.1) is 0 Å². The van der Waals surface area contributed by atoms with Gasteiger partial charge in [0.25, 0.3) is 0 Å². The summed E-state index contributed by atoms with van der Waals surface area (Å²) in [5.41, 5.74) is 1.08. The second kappa shape index (κ2) is 5.56. The fraction of sp³-hybridized carbons (Fsp3) is 0.545. The van der Waals surface area contributed by atoms with E-state index in [1.807, 2.05) is 6.07 Å². The lowest BCUT2D eigenvalue weighted by atomic mass is 10.2. The number of hydrogen-bond acceptors (Lipinski definition) is 3. The third-order valence-electron chi connectivity index (χ3n) is 2.31. The zero-order valence-electron chi connectivity index (χ0n) is 9.14. The highest BCUT2D eigenvalue weighted by Gasteiger charge is 2.12. The highest BCUT2D eigenvalue weighted by molar-refractivity contribution is 5.66. The number of furan rings is 1. The SMILES string of the molecule is CC(C)N(CCC(=O)O)Cc1ccoc1. The van der Waals surface area contributed by atoms with Gasteiger partial charge in [-0.1, -0.05) is 0 Å². The Hall–Kier alpha value is -1.29. The number of nitrogens with zero attached hydrogens (tertiary/aromatic N) is 1. The molecule has 0 aliphatic heterocycles. The van der Waals surface area contributed by atoms with Crippen molar-refractivity contribution in [2.45, 2.75) is 32.9 Å². The minimum atomic E-state index is -0.757. The van der Waals surface area contributed by atoms with Crippen LogP contribution in [-0.4, -0.2) is 28.6 Å². The molecule has 4 heteroatoms. The largest absolute Gasteiger partial charge is 0.481 e. The van der Waals surface area contributed by atoms with Crippen LogP contribution in [0.5, 0.6) is 0 Å². The minimum Gasteiger partial charge on any atom is -0.481 e. The highest BCUT2D eigenvalue weighted by atomic mass is 16.4. The van der Waals surface area contributed by atoms with Gasteiger partial charge in [0.05, 0.1) is 18.9 Å².